The lowest BCUT2D eigenvalue weighted by molar-refractivity contribution is -0.303. The lowest BCUT2D eigenvalue weighted by atomic mass is 9.75. The van der Waals surface area contributed by atoms with Crippen LogP contribution in [-0.4, -0.2) is 35.5 Å². The highest BCUT2D eigenvalue weighted by molar-refractivity contribution is 5.83. The minimum Gasteiger partial charge on any atom is -0.465 e. The fourth-order valence-corrected chi connectivity index (χ4v) is 2.50. The van der Waals surface area contributed by atoms with E-state index in [0.29, 0.717) is 25.0 Å². The first kappa shape index (κ1) is 19.9. The molecular formula is C15H14F6N2O3. The molecule has 0 unspecified atom stereocenters. The molecule has 0 spiro atoms. The van der Waals surface area contributed by atoms with Gasteiger partial charge in [0, 0.05) is 11.7 Å². The second kappa shape index (κ2) is 6.69. The van der Waals surface area contributed by atoms with Crippen LogP contribution in [-0.2, 0) is 10.2 Å². The van der Waals surface area contributed by atoms with Crippen LogP contribution in [0.25, 0.3) is 0 Å². The molecular weight excluding hydrogens is 370 g/mol. The minimum absolute atomic E-state index is 0.207. The zero-order chi connectivity index (χ0) is 19.8. The predicted octanol–water partition coefficient (Wildman–Crippen LogP) is 3.81. The van der Waals surface area contributed by atoms with E-state index >= 15 is 0 Å². The van der Waals surface area contributed by atoms with Crippen molar-refractivity contribution in [2.75, 3.05) is 5.32 Å². The van der Waals surface area contributed by atoms with Crippen LogP contribution in [0.5, 0.6) is 0 Å². The normalized spacial score (nSPS) is 15.5. The number of carbonyl (C=O) groups is 2. The van der Waals surface area contributed by atoms with E-state index < -0.39 is 47.8 Å². The second-order valence-corrected chi connectivity index (χ2v) is 5.93. The standard InChI is InChI=1S/C15H14F6N2O3/c16-14(17,18)13(15(19,20)21,7-11(24)22-9-5-6-9)8-1-3-10(4-2-8)23-12(25)26/h1-4,9,23H,5-7H2,(H,22,24)(H,25,26). The fraction of sp³-hybridized carbons (Fsp3) is 0.467. The summed E-state index contributed by atoms with van der Waals surface area (Å²) in [6.07, 6.45) is -14.0. The Balaban J connectivity index is 2.47. The number of rotatable bonds is 5. The molecule has 0 heterocycles. The molecule has 2 rings (SSSR count). The first-order valence-electron chi connectivity index (χ1n) is 7.40. The van der Waals surface area contributed by atoms with Crippen molar-refractivity contribution in [2.45, 2.75) is 43.1 Å². The minimum atomic E-state index is -5.80. The zero-order valence-electron chi connectivity index (χ0n) is 13.0. The summed E-state index contributed by atoms with van der Waals surface area (Å²) in [5.41, 5.74) is -5.80. The maximum Gasteiger partial charge on any atom is 0.409 e. The maximum atomic E-state index is 13.6. The number of benzene rings is 1. The van der Waals surface area contributed by atoms with Gasteiger partial charge >= 0.3 is 18.4 Å². The zero-order valence-corrected chi connectivity index (χ0v) is 13.0. The monoisotopic (exact) mass is 384 g/mol. The molecule has 0 saturated heterocycles. The Morgan fingerprint density at radius 1 is 1.00 bits per heavy atom. The van der Waals surface area contributed by atoms with E-state index in [-0.39, 0.29) is 5.69 Å². The largest absolute Gasteiger partial charge is 0.465 e. The van der Waals surface area contributed by atoms with Crippen LogP contribution in [0.3, 0.4) is 0 Å². The van der Waals surface area contributed by atoms with Gasteiger partial charge in [0.05, 0.1) is 6.42 Å². The molecule has 2 amide bonds. The third kappa shape index (κ3) is 4.02. The summed E-state index contributed by atoms with van der Waals surface area (Å²) in [4.78, 5) is 22.3. The average Bonchev–Trinajstić information content (AvgIpc) is 3.26. The Morgan fingerprint density at radius 2 is 1.50 bits per heavy atom. The quantitative estimate of drug-likeness (QED) is 0.676. The Hall–Kier alpha value is -2.46. The first-order valence-corrected chi connectivity index (χ1v) is 7.40. The molecule has 1 saturated carbocycles. The van der Waals surface area contributed by atoms with Gasteiger partial charge in [0.2, 0.25) is 5.91 Å². The fourth-order valence-electron chi connectivity index (χ4n) is 2.50. The van der Waals surface area contributed by atoms with Gasteiger partial charge in [-0.1, -0.05) is 12.1 Å². The Bertz CT molecular complexity index is 666. The van der Waals surface area contributed by atoms with Crippen molar-refractivity contribution < 1.29 is 41.0 Å². The molecule has 1 aromatic carbocycles. The number of hydrogen-bond acceptors (Lipinski definition) is 2. The number of anilines is 1. The van der Waals surface area contributed by atoms with Gasteiger partial charge in [-0.15, -0.1) is 0 Å². The van der Waals surface area contributed by atoms with E-state index in [1.165, 1.54) is 0 Å². The summed E-state index contributed by atoms with van der Waals surface area (Å²) in [6, 6.07) is 2.17. The number of halogens is 6. The van der Waals surface area contributed by atoms with E-state index in [2.05, 4.69) is 5.32 Å². The average molecular weight is 384 g/mol. The van der Waals surface area contributed by atoms with Crippen LogP contribution < -0.4 is 10.6 Å². The van der Waals surface area contributed by atoms with E-state index in [1.54, 1.807) is 0 Å². The lowest BCUT2D eigenvalue weighted by Gasteiger charge is -2.37. The summed E-state index contributed by atoms with van der Waals surface area (Å²) in [6.45, 7) is 0. The molecule has 0 aromatic heterocycles. The van der Waals surface area contributed by atoms with Crippen LogP contribution in [0.1, 0.15) is 24.8 Å². The van der Waals surface area contributed by atoms with Gasteiger partial charge in [0.15, 0.2) is 5.41 Å². The van der Waals surface area contributed by atoms with E-state index in [1.807, 2.05) is 5.32 Å². The number of carboxylic acid groups (broad SMARTS) is 1. The number of amides is 2. The van der Waals surface area contributed by atoms with Crippen LogP contribution in [0, 0.1) is 0 Å². The van der Waals surface area contributed by atoms with Crippen molar-refractivity contribution in [3.05, 3.63) is 29.8 Å². The van der Waals surface area contributed by atoms with Crippen molar-refractivity contribution in [3.63, 3.8) is 0 Å². The van der Waals surface area contributed by atoms with Gasteiger partial charge in [-0.05, 0) is 30.5 Å². The van der Waals surface area contributed by atoms with E-state index in [0.717, 1.165) is 12.1 Å². The van der Waals surface area contributed by atoms with Gasteiger partial charge < -0.3 is 10.4 Å². The highest BCUT2D eigenvalue weighted by Gasteiger charge is 2.72. The van der Waals surface area contributed by atoms with Gasteiger partial charge in [-0.25, -0.2) is 4.79 Å². The highest BCUT2D eigenvalue weighted by Crippen LogP contribution is 2.54. The van der Waals surface area contributed by atoms with Gasteiger partial charge in [-0.2, -0.15) is 26.3 Å². The molecule has 1 aromatic rings. The molecule has 0 atom stereocenters. The summed E-state index contributed by atoms with van der Waals surface area (Å²) >= 11 is 0. The second-order valence-electron chi connectivity index (χ2n) is 5.93. The number of alkyl halides is 6. The first-order chi connectivity index (χ1) is 11.9. The Labute approximate surface area is 143 Å². The van der Waals surface area contributed by atoms with Crippen LogP contribution >= 0.6 is 0 Å². The number of hydrogen-bond donors (Lipinski definition) is 3. The molecule has 11 heteroatoms. The summed E-state index contributed by atoms with van der Waals surface area (Å²) in [5, 5.41) is 12.5. The van der Waals surface area contributed by atoms with E-state index in [9.17, 15) is 35.9 Å². The third-order valence-electron chi connectivity index (χ3n) is 3.96. The molecule has 0 bridgehead atoms. The maximum absolute atomic E-state index is 13.6. The summed E-state index contributed by atoms with van der Waals surface area (Å²) < 4.78 is 81.4. The molecule has 1 aliphatic carbocycles. The smallest absolute Gasteiger partial charge is 0.409 e. The molecule has 0 aliphatic heterocycles. The number of nitrogens with one attached hydrogen (secondary N) is 2. The van der Waals surface area contributed by atoms with Crippen LogP contribution in [0.4, 0.5) is 36.8 Å². The Morgan fingerprint density at radius 3 is 1.88 bits per heavy atom. The third-order valence-corrected chi connectivity index (χ3v) is 3.96. The Kier molecular flexibility index (Phi) is 5.11. The van der Waals surface area contributed by atoms with Crippen molar-refractivity contribution in [2.24, 2.45) is 0 Å². The number of carbonyl (C=O) groups excluding carboxylic acids is 1. The van der Waals surface area contributed by atoms with Gasteiger partial charge in [0.1, 0.15) is 0 Å². The van der Waals surface area contributed by atoms with Gasteiger partial charge in [0.25, 0.3) is 0 Å². The molecule has 0 radical (unpaired) electrons. The topological polar surface area (TPSA) is 78.4 Å². The SMILES string of the molecule is O=C(O)Nc1ccc(C(CC(=O)NC2CC2)(C(F)(F)F)C(F)(F)F)cc1. The summed E-state index contributed by atoms with van der Waals surface area (Å²) in [5.74, 6) is -1.35. The van der Waals surface area contributed by atoms with Crippen LogP contribution in [0.15, 0.2) is 24.3 Å². The molecule has 3 N–H and O–H groups in total. The molecule has 1 fully saturated rings. The molecule has 144 valence electrons. The van der Waals surface area contributed by atoms with Crippen molar-refractivity contribution in [3.8, 4) is 0 Å². The van der Waals surface area contributed by atoms with Crippen molar-refractivity contribution >= 4 is 17.7 Å². The lowest BCUT2D eigenvalue weighted by Crippen LogP contribution is -2.56. The van der Waals surface area contributed by atoms with Crippen molar-refractivity contribution in [1.82, 2.24) is 5.32 Å². The highest BCUT2D eigenvalue weighted by atomic mass is 19.4. The predicted molar refractivity (Wildman–Crippen MR) is 77.7 cm³/mol. The van der Waals surface area contributed by atoms with Crippen molar-refractivity contribution in [1.29, 1.82) is 0 Å². The summed E-state index contributed by atoms with van der Waals surface area (Å²) in [7, 11) is 0. The van der Waals surface area contributed by atoms with Crippen LogP contribution in [0.2, 0.25) is 0 Å². The molecule has 5 nitrogen and oxygen atoms in total. The molecule has 1 aliphatic rings. The van der Waals surface area contributed by atoms with Gasteiger partial charge in [-0.3, -0.25) is 10.1 Å². The molecule has 26 heavy (non-hydrogen) atoms. The van der Waals surface area contributed by atoms with E-state index in [4.69, 9.17) is 5.11 Å².